The number of imidazole rings is 1. The van der Waals surface area contributed by atoms with Crippen LogP contribution in [-0.4, -0.2) is 37.5 Å². The molecule has 8 nitrogen and oxygen atoms in total. The number of aryl methyl sites for hydroxylation is 1. The molecule has 0 aliphatic heterocycles. The first-order chi connectivity index (χ1) is 17.5. The van der Waals surface area contributed by atoms with Crippen molar-refractivity contribution in [2.45, 2.75) is 12.1 Å². The Morgan fingerprint density at radius 2 is 1.86 bits per heavy atom. The monoisotopic (exact) mass is 495 g/mol. The average molecular weight is 496 g/mol. The van der Waals surface area contributed by atoms with E-state index in [-0.39, 0.29) is 28.5 Å². The van der Waals surface area contributed by atoms with Crippen molar-refractivity contribution < 1.29 is 9.84 Å². The van der Waals surface area contributed by atoms with Gasteiger partial charge in [-0.15, -0.1) is 0 Å². The second-order valence-corrected chi connectivity index (χ2v) is 8.99. The van der Waals surface area contributed by atoms with Crippen molar-refractivity contribution in [1.29, 1.82) is 5.26 Å². The number of nitrogens with zero attached hydrogens (tertiary/aromatic N) is 4. The lowest BCUT2D eigenvalue weighted by Gasteiger charge is -2.16. The first-order valence-electron chi connectivity index (χ1n) is 11.1. The number of H-pyrrole nitrogens is 1. The molecule has 2 N–H and O–H groups in total. The van der Waals surface area contributed by atoms with Crippen LogP contribution in [0.1, 0.15) is 11.4 Å². The summed E-state index contributed by atoms with van der Waals surface area (Å²) in [6, 6.07) is 22.1. The fraction of sp³-hybridized carbons (Fsp3) is 0.111. The molecule has 0 aliphatic carbocycles. The number of allylic oxidation sites excluding steroid dienone is 1. The van der Waals surface area contributed by atoms with Crippen LogP contribution >= 0.6 is 11.8 Å². The van der Waals surface area contributed by atoms with Crippen molar-refractivity contribution in [2.24, 2.45) is 0 Å². The molecule has 0 fully saturated rings. The highest BCUT2D eigenvalue weighted by atomic mass is 32.2. The van der Waals surface area contributed by atoms with Gasteiger partial charge in [-0.05, 0) is 48.9 Å². The first-order valence-corrected chi connectivity index (χ1v) is 12.1. The number of aliphatic hydroxyl groups excluding tert-OH is 1. The van der Waals surface area contributed by atoms with E-state index in [0.29, 0.717) is 33.0 Å². The summed E-state index contributed by atoms with van der Waals surface area (Å²) in [6.07, 6.45) is 0. The van der Waals surface area contributed by atoms with Crippen LogP contribution in [0.3, 0.4) is 0 Å². The molecule has 3 aromatic carbocycles. The quantitative estimate of drug-likeness (QED) is 0.145. The molecule has 2 heterocycles. The molecule has 0 bridgehead atoms. The Kier molecular flexibility index (Phi) is 6.19. The van der Waals surface area contributed by atoms with Crippen LogP contribution in [-0.2, 0) is 0 Å². The summed E-state index contributed by atoms with van der Waals surface area (Å²) in [5, 5.41) is 21.5. The minimum atomic E-state index is -0.256. The van der Waals surface area contributed by atoms with Crippen LogP contribution in [0.2, 0.25) is 0 Å². The summed E-state index contributed by atoms with van der Waals surface area (Å²) in [4.78, 5) is 25.8. The lowest BCUT2D eigenvalue weighted by atomic mass is 10.2. The van der Waals surface area contributed by atoms with Crippen LogP contribution in [0.5, 0.6) is 5.75 Å². The second-order valence-electron chi connectivity index (χ2n) is 8.05. The van der Waals surface area contributed by atoms with Gasteiger partial charge in [-0.25, -0.2) is 9.97 Å². The van der Waals surface area contributed by atoms with Gasteiger partial charge in [0.05, 0.1) is 40.5 Å². The van der Waals surface area contributed by atoms with Crippen LogP contribution in [0.25, 0.3) is 33.2 Å². The standard InChI is InChI=1S/C27H21N5O3S/c1-16-11-12-24(35-2)22(13-16)32-26(34)17-7-3-4-8-19(17)31-27(32)36-15-23(33)18(14-28)25-29-20-9-5-6-10-21(20)30-25/h3-13,33H,15H2,1-2H3,(H,29,30)/b23-18-. The Hall–Kier alpha value is -4.55. The minimum Gasteiger partial charge on any atom is -0.510 e. The van der Waals surface area contributed by atoms with Gasteiger partial charge in [-0.1, -0.05) is 42.1 Å². The van der Waals surface area contributed by atoms with E-state index in [2.05, 4.69) is 9.97 Å². The molecular weight excluding hydrogens is 474 g/mol. The lowest BCUT2D eigenvalue weighted by molar-refractivity contribution is 0.411. The number of hydrogen-bond acceptors (Lipinski definition) is 7. The van der Waals surface area contributed by atoms with Gasteiger partial charge in [-0.2, -0.15) is 5.26 Å². The smallest absolute Gasteiger partial charge is 0.266 e. The van der Waals surface area contributed by atoms with Gasteiger partial charge < -0.3 is 14.8 Å². The third-order valence-electron chi connectivity index (χ3n) is 5.68. The highest BCUT2D eigenvalue weighted by Crippen LogP contribution is 2.30. The van der Waals surface area contributed by atoms with E-state index in [1.807, 2.05) is 55.5 Å². The van der Waals surface area contributed by atoms with Crippen molar-refractivity contribution >= 4 is 39.3 Å². The molecule has 0 spiro atoms. The zero-order valence-electron chi connectivity index (χ0n) is 19.5. The number of hydrogen-bond donors (Lipinski definition) is 2. The number of ether oxygens (including phenoxy) is 1. The SMILES string of the molecule is COc1ccc(C)cc1-n1c(SC/C(O)=C(\C#N)c2nc3ccccc3[nH]2)nc2ccccc2c1=O. The summed E-state index contributed by atoms with van der Waals surface area (Å²) in [7, 11) is 1.54. The van der Waals surface area contributed by atoms with E-state index in [4.69, 9.17) is 9.72 Å². The second kappa shape index (κ2) is 9.60. The third kappa shape index (κ3) is 4.19. The number of aromatic amines is 1. The topological polar surface area (TPSA) is 117 Å². The molecule has 2 aromatic heterocycles. The Morgan fingerprint density at radius 3 is 2.61 bits per heavy atom. The van der Waals surface area contributed by atoms with Gasteiger partial charge in [-0.3, -0.25) is 9.36 Å². The first kappa shape index (κ1) is 23.2. The number of fused-ring (bicyclic) bond motifs is 2. The number of benzene rings is 3. The lowest BCUT2D eigenvalue weighted by Crippen LogP contribution is -2.22. The normalized spacial score (nSPS) is 11.9. The molecule has 36 heavy (non-hydrogen) atoms. The molecule has 0 saturated heterocycles. The highest BCUT2D eigenvalue weighted by Gasteiger charge is 2.19. The molecule has 0 amide bonds. The fourth-order valence-corrected chi connectivity index (χ4v) is 4.81. The molecule has 9 heteroatoms. The predicted octanol–water partition coefficient (Wildman–Crippen LogP) is 5.16. The van der Waals surface area contributed by atoms with Crippen molar-refractivity contribution in [3.05, 3.63) is 94.2 Å². The fourth-order valence-electron chi connectivity index (χ4n) is 3.93. The largest absolute Gasteiger partial charge is 0.510 e. The number of nitriles is 1. The van der Waals surface area contributed by atoms with E-state index in [0.717, 1.165) is 22.8 Å². The molecule has 0 radical (unpaired) electrons. The molecule has 0 unspecified atom stereocenters. The molecule has 0 saturated carbocycles. The number of thioether (sulfide) groups is 1. The maximum absolute atomic E-state index is 13.6. The van der Waals surface area contributed by atoms with Crippen LogP contribution in [0.15, 0.2) is 82.4 Å². The number of aromatic nitrogens is 4. The summed E-state index contributed by atoms with van der Waals surface area (Å²) in [5.74, 6) is 0.618. The number of nitrogens with one attached hydrogen (secondary N) is 1. The van der Waals surface area contributed by atoms with Gasteiger partial charge in [0.15, 0.2) is 11.0 Å². The van der Waals surface area contributed by atoms with E-state index in [1.165, 1.54) is 4.57 Å². The van der Waals surface area contributed by atoms with Gasteiger partial charge >= 0.3 is 0 Å². The molecule has 0 aliphatic rings. The predicted molar refractivity (Wildman–Crippen MR) is 141 cm³/mol. The number of rotatable bonds is 6. The number of aliphatic hydroxyl groups is 1. The molecule has 5 rings (SSSR count). The van der Waals surface area contributed by atoms with E-state index in [9.17, 15) is 15.2 Å². The van der Waals surface area contributed by atoms with Crippen molar-refractivity contribution in [2.75, 3.05) is 12.9 Å². The van der Waals surface area contributed by atoms with Gasteiger partial charge in [0.25, 0.3) is 5.56 Å². The molecule has 178 valence electrons. The van der Waals surface area contributed by atoms with E-state index < -0.39 is 0 Å². The maximum Gasteiger partial charge on any atom is 0.266 e. The van der Waals surface area contributed by atoms with Crippen molar-refractivity contribution in [1.82, 2.24) is 19.5 Å². The minimum absolute atomic E-state index is 0.00114. The Morgan fingerprint density at radius 1 is 1.11 bits per heavy atom. The Bertz CT molecular complexity index is 1710. The summed E-state index contributed by atoms with van der Waals surface area (Å²) in [5.41, 5.74) is 3.25. The highest BCUT2D eigenvalue weighted by molar-refractivity contribution is 7.99. The summed E-state index contributed by atoms with van der Waals surface area (Å²) in [6.45, 7) is 1.93. The summed E-state index contributed by atoms with van der Waals surface area (Å²) >= 11 is 1.14. The number of para-hydroxylation sites is 3. The third-order valence-corrected chi connectivity index (χ3v) is 6.63. The zero-order chi connectivity index (χ0) is 25.2. The van der Waals surface area contributed by atoms with Crippen LogP contribution in [0, 0.1) is 18.3 Å². The maximum atomic E-state index is 13.6. The van der Waals surface area contributed by atoms with Crippen molar-refractivity contribution in [3.8, 4) is 17.5 Å². The van der Waals surface area contributed by atoms with Gasteiger partial charge in [0.1, 0.15) is 23.2 Å². The Labute approximate surface area is 210 Å². The van der Waals surface area contributed by atoms with E-state index >= 15 is 0 Å². The zero-order valence-corrected chi connectivity index (χ0v) is 20.3. The average Bonchev–Trinajstić information content (AvgIpc) is 3.32. The molecular formula is C27H21N5O3S. The van der Waals surface area contributed by atoms with Gasteiger partial charge in [0.2, 0.25) is 0 Å². The Balaban J connectivity index is 1.61. The molecule has 5 aromatic rings. The van der Waals surface area contributed by atoms with Gasteiger partial charge in [0, 0.05) is 0 Å². The summed E-state index contributed by atoms with van der Waals surface area (Å²) < 4.78 is 7.02. The van der Waals surface area contributed by atoms with Crippen LogP contribution < -0.4 is 10.3 Å². The number of methoxy groups -OCH3 is 1. The van der Waals surface area contributed by atoms with Crippen LogP contribution in [0.4, 0.5) is 0 Å². The van der Waals surface area contributed by atoms with E-state index in [1.54, 1.807) is 31.4 Å². The molecule has 0 atom stereocenters. The van der Waals surface area contributed by atoms with Crippen molar-refractivity contribution in [3.63, 3.8) is 0 Å².